The first kappa shape index (κ1) is 23.8. The van der Waals surface area contributed by atoms with Gasteiger partial charge in [0, 0.05) is 24.8 Å². The second kappa shape index (κ2) is 9.74. The van der Waals surface area contributed by atoms with Gasteiger partial charge in [-0.25, -0.2) is 22.0 Å². The first-order valence-corrected chi connectivity index (χ1v) is 11.5. The highest BCUT2D eigenvalue weighted by atomic mass is 32.2. The van der Waals surface area contributed by atoms with E-state index >= 15 is 0 Å². The minimum Gasteiger partial charge on any atom is -0.452 e. The second-order valence-electron chi connectivity index (χ2n) is 8.05. The number of rotatable bonds is 6. The van der Waals surface area contributed by atoms with Gasteiger partial charge in [-0.15, -0.1) is 0 Å². The molecule has 1 N–H and O–H groups in total. The fourth-order valence-electron chi connectivity index (χ4n) is 3.70. The van der Waals surface area contributed by atoms with Gasteiger partial charge in [-0.3, -0.25) is 4.79 Å². The van der Waals surface area contributed by atoms with E-state index in [0.29, 0.717) is 13.1 Å². The topological polar surface area (TPSA) is 92.8 Å². The number of esters is 1. The highest BCUT2D eigenvalue weighted by Gasteiger charge is 2.31. The summed E-state index contributed by atoms with van der Waals surface area (Å²) in [4.78, 5) is 24.1. The van der Waals surface area contributed by atoms with E-state index in [9.17, 15) is 26.8 Å². The SMILES string of the molecule is CC1CC(C)CN(S(=O)(=O)c2ccc(C(=O)OCC(=O)Nc3ccc(F)c(F)c3)cc2)C1. The molecular formula is C22H24F2N2O5S. The van der Waals surface area contributed by atoms with Crippen molar-refractivity contribution in [2.75, 3.05) is 25.0 Å². The van der Waals surface area contributed by atoms with E-state index in [1.165, 1.54) is 34.6 Å². The molecule has 1 saturated heterocycles. The van der Waals surface area contributed by atoms with Crippen molar-refractivity contribution in [2.45, 2.75) is 25.2 Å². The predicted molar refractivity (Wildman–Crippen MR) is 113 cm³/mol. The van der Waals surface area contributed by atoms with Crippen LogP contribution in [0.5, 0.6) is 0 Å². The Hall–Kier alpha value is -2.85. The van der Waals surface area contributed by atoms with Crippen LogP contribution in [0, 0.1) is 23.5 Å². The van der Waals surface area contributed by atoms with Crippen molar-refractivity contribution < 1.29 is 31.5 Å². The molecule has 2 aromatic carbocycles. The molecule has 2 atom stereocenters. The fourth-order valence-corrected chi connectivity index (χ4v) is 5.38. The van der Waals surface area contributed by atoms with Crippen LogP contribution in [0.3, 0.4) is 0 Å². The summed E-state index contributed by atoms with van der Waals surface area (Å²) in [7, 11) is -3.68. The number of carbonyl (C=O) groups excluding carboxylic acids is 2. The number of sulfonamides is 1. The summed E-state index contributed by atoms with van der Waals surface area (Å²) >= 11 is 0. The van der Waals surface area contributed by atoms with Crippen LogP contribution in [0.4, 0.5) is 14.5 Å². The lowest BCUT2D eigenvalue weighted by molar-refractivity contribution is -0.119. The Morgan fingerprint density at radius 1 is 1.03 bits per heavy atom. The molecular weight excluding hydrogens is 442 g/mol. The van der Waals surface area contributed by atoms with Gasteiger partial charge in [0.05, 0.1) is 10.5 Å². The summed E-state index contributed by atoms with van der Waals surface area (Å²) in [6.45, 7) is 4.27. The standard InChI is InChI=1S/C22H24F2N2O5S/c1-14-9-15(2)12-26(11-14)32(29,30)18-6-3-16(4-7-18)22(28)31-13-21(27)25-17-5-8-19(23)20(24)10-17/h3-8,10,14-15H,9,11-13H2,1-2H3,(H,25,27). The molecule has 1 heterocycles. The molecule has 2 aromatic rings. The monoisotopic (exact) mass is 466 g/mol. The molecule has 0 spiro atoms. The van der Waals surface area contributed by atoms with Crippen LogP contribution in [0.15, 0.2) is 47.4 Å². The molecule has 2 unspecified atom stereocenters. The molecule has 1 amide bonds. The lowest BCUT2D eigenvalue weighted by Crippen LogP contribution is -2.42. The molecule has 0 radical (unpaired) electrons. The first-order valence-electron chi connectivity index (χ1n) is 10.1. The van der Waals surface area contributed by atoms with Gasteiger partial charge >= 0.3 is 5.97 Å². The van der Waals surface area contributed by atoms with Gasteiger partial charge in [0.1, 0.15) is 0 Å². The number of amides is 1. The maximum Gasteiger partial charge on any atom is 0.338 e. The largest absolute Gasteiger partial charge is 0.452 e. The summed E-state index contributed by atoms with van der Waals surface area (Å²) < 4.78 is 58.3. The minimum absolute atomic E-state index is 0.0147. The normalized spacial score (nSPS) is 19.4. The van der Waals surface area contributed by atoms with Crippen molar-refractivity contribution in [1.29, 1.82) is 0 Å². The number of nitrogens with one attached hydrogen (secondary N) is 1. The predicted octanol–water partition coefficient (Wildman–Crippen LogP) is 3.43. The molecule has 1 aliphatic rings. The lowest BCUT2D eigenvalue weighted by Gasteiger charge is -2.34. The minimum atomic E-state index is -3.68. The van der Waals surface area contributed by atoms with E-state index in [0.717, 1.165) is 18.6 Å². The van der Waals surface area contributed by atoms with Crippen LogP contribution < -0.4 is 5.32 Å². The Bertz CT molecular complexity index is 1100. The molecule has 32 heavy (non-hydrogen) atoms. The van der Waals surface area contributed by atoms with Gasteiger partial charge in [0.15, 0.2) is 18.2 Å². The van der Waals surface area contributed by atoms with Gasteiger partial charge < -0.3 is 10.1 Å². The number of halogens is 2. The number of carbonyl (C=O) groups is 2. The highest BCUT2D eigenvalue weighted by molar-refractivity contribution is 7.89. The molecule has 0 aliphatic carbocycles. The van der Waals surface area contributed by atoms with Gasteiger partial charge in [0.25, 0.3) is 5.91 Å². The Labute approximate surface area is 185 Å². The van der Waals surface area contributed by atoms with E-state index in [1.54, 1.807) is 0 Å². The third kappa shape index (κ3) is 5.68. The van der Waals surface area contributed by atoms with Crippen LogP contribution in [0.1, 0.15) is 30.6 Å². The van der Waals surface area contributed by atoms with Crippen LogP contribution >= 0.6 is 0 Å². The summed E-state index contributed by atoms with van der Waals surface area (Å²) in [5, 5.41) is 2.28. The number of piperidine rings is 1. The zero-order valence-corrected chi connectivity index (χ0v) is 18.5. The molecule has 1 aliphatic heterocycles. The maximum absolute atomic E-state index is 13.2. The Kier molecular flexibility index (Phi) is 7.25. The van der Waals surface area contributed by atoms with Gasteiger partial charge in [-0.1, -0.05) is 13.8 Å². The van der Waals surface area contributed by atoms with Crippen molar-refractivity contribution in [3.8, 4) is 0 Å². The van der Waals surface area contributed by atoms with Crippen molar-refractivity contribution in [2.24, 2.45) is 11.8 Å². The molecule has 1 fully saturated rings. The molecule has 172 valence electrons. The van der Waals surface area contributed by atoms with E-state index in [-0.39, 0.29) is 28.0 Å². The third-order valence-corrected chi connectivity index (χ3v) is 6.95. The first-order chi connectivity index (χ1) is 15.1. The number of benzene rings is 2. The van der Waals surface area contributed by atoms with Crippen molar-refractivity contribution in [3.63, 3.8) is 0 Å². The number of hydrogen-bond donors (Lipinski definition) is 1. The van der Waals surface area contributed by atoms with Crippen molar-refractivity contribution >= 4 is 27.6 Å². The van der Waals surface area contributed by atoms with Gasteiger partial charge in [0.2, 0.25) is 10.0 Å². The number of hydrogen-bond acceptors (Lipinski definition) is 5. The quantitative estimate of drug-likeness (QED) is 0.659. The van der Waals surface area contributed by atoms with Gasteiger partial charge in [-0.2, -0.15) is 4.31 Å². The Morgan fingerprint density at radius 3 is 2.25 bits per heavy atom. The van der Waals surface area contributed by atoms with Crippen molar-refractivity contribution in [3.05, 3.63) is 59.7 Å². The van der Waals surface area contributed by atoms with Crippen LogP contribution in [-0.2, 0) is 19.6 Å². The van der Waals surface area contributed by atoms with E-state index < -0.39 is 40.1 Å². The number of nitrogens with zero attached hydrogens (tertiary/aromatic N) is 1. The summed E-state index contributed by atoms with van der Waals surface area (Å²) in [5.74, 6) is -3.21. The Balaban J connectivity index is 1.58. The molecule has 0 bridgehead atoms. The molecule has 3 rings (SSSR count). The fraction of sp³-hybridized carbons (Fsp3) is 0.364. The lowest BCUT2D eigenvalue weighted by atomic mass is 9.94. The summed E-state index contributed by atoms with van der Waals surface area (Å²) in [6.07, 6.45) is 0.973. The number of anilines is 1. The zero-order chi connectivity index (χ0) is 23.5. The van der Waals surface area contributed by atoms with E-state index in [4.69, 9.17) is 4.74 Å². The summed E-state index contributed by atoms with van der Waals surface area (Å²) in [6, 6.07) is 8.13. The highest BCUT2D eigenvalue weighted by Crippen LogP contribution is 2.26. The van der Waals surface area contributed by atoms with E-state index in [2.05, 4.69) is 5.32 Å². The van der Waals surface area contributed by atoms with E-state index in [1.807, 2.05) is 13.8 Å². The molecule has 0 saturated carbocycles. The average Bonchev–Trinajstić information content (AvgIpc) is 2.74. The van der Waals surface area contributed by atoms with Crippen LogP contribution in [-0.4, -0.2) is 44.3 Å². The molecule has 0 aromatic heterocycles. The molecule has 7 nitrogen and oxygen atoms in total. The van der Waals surface area contributed by atoms with Crippen molar-refractivity contribution in [1.82, 2.24) is 4.31 Å². The van der Waals surface area contributed by atoms with Crippen LogP contribution in [0.2, 0.25) is 0 Å². The summed E-state index contributed by atoms with van der Waals surface area (Å²) in [5.41, 5.74) is 0.0887. The third-order valence-electron chi connectivity index (χ3n) is 5.10. The zero-order valence-electron chi connectivity index (χ0n) is 17.7. The average molecular weight is 467 g/mol. The van der Waals surface area contributed by atoms with Crippen LogP contribution in [0.25, 0.3) is 0 Å². The Morgan fingerprint density at radius 2 is 1.66 bits per heavy atom. The van der Waals surface area contributed by atoms with Gasteiger partial charge in [-0.05, 0) is 54.7 Å². The maximum atomic E-state index is 13.2. The molecule has 10 heteroatoms. The smallest absolute Gasteiger partial charge is 0.338 e. The number of ether oxygens (including phenoxy) is 1. The second-order valence-corrected chi connectivity index (χ2v) is 9.98.